The van der Waals surface area contributed by atoms with E-state index in [9.17, 15) is 32.3 Å². The van der Waals surface area contributed by atoms with Gasteiger partial charge >= 0.3 is 12.1 Å². The number of benzene rings is 1. The summed E-state index contributed by atoms with van der Waals surface area (Å²) < 4.78 is 66.5. The second kappa shape index (κ2) is 28.8. The molecule has 7 atom stereocenters. The number of methoxy groups -OCH3 is 1. The van der Waals surface area contributed by atoms with E-state index in [0.717, 1.165) is 110 Å². The van der Waals surface area contributed by atoms with Crippen molar-refractivity contribution in [2.75, 3.05) is 131 Å². The number of nitrogens with one attached hydrogen (secondary N) is 2. The molecule has 6 saturated heterocycles. The maximum absolute atomic E-state index is 14.5. The summed E-state index contributed by atoms with van der Waals surface area (Å²) in [6, 6.07) is 7.77. The summed E-state index contributed by atoms with van der Waals surface area (Å²) in [4.78, 5) is 72.8. The maximum Gasteiger partial charge on any atom is 0.406 e. The molecule has 2 saturated carbocycles. The number of oxazole rings is 1. The van der Waals surface area contributed by atoms with Gasteiger partial charge in [0.15, 0.2) is 6.39 Å². The first-order valence-corrected chi connectivity index (χ1v) is 33.0. The highest BCUT2D eigenvalue weighted by atomic mass is 19.4. The number of pyridine rings is 1. The van der Waals surface area contributed by atoms with Crippen LogP contribution < -0.4 is 15.6 Å². The number of hydrogen-bond acceptors (Lipinski definition) is 17. The highest BCUT2D eigenvalue weighted by Gasteiger charge is 2.57. The summed E-state index contributed by atoms with van der Waals surface area (Å²) in [5, 5.41) is 5.83. The highest BCUT2D eigenvalue weighted by molar-refractivity contribution is 5.95. The number of likely N-dealkylation sites (tertiary alicyclic amines) is 2. The van der Waals surface area contributed by atoms with Gasteiger partial charge in [-0.05, 0) is 120 Å². The molecule has 4 aromatic rings. The number of hydrogen-bond donors (Lipinski definition) is 2. The first-order chi connectivity index (χ1) is 43.0. The van der Waals surface area contributed by atoms with Crippen LogP contribution in [-0.2, 0) is 46.4 Å². The minimum Gasteiger partial charge on any atom is -0.465 e. The van der Waals surface area contributed by atoms with Crippen LogP contribution in [0.4, 0.5) is 18.9 Å². The Morgan fingerprint density at radius 1 is 0.967 bits per heavy atom. The molecule has 6 aliphatic heterocycles. The van der Waals surface area contributed by atoms with Crippen LogP contribution in [-0.4, -0.2) is 231 Å². The Hall–Kier alpha value is -5.53. The van der Waals surface area contributed by atoms with Crippen molar-refractivity contribution < 1.29 is 51.0 Å². The molecule has 2 aliphatic carbocycles. The SMILES string of the molecule is CCN(CC1CCN(C(C(=O)NC(C=O)CN2CC3(COC3)C2)C(C)C)C1)C(=O)C1C(C2CC2)N1C.CN1CCCCN1.COC(C)c1ncc(N2CCN(C3CC3)CC2)cc1-c1c(CC(C)(C)COC(C)=O)c2cc(-c3cocn3)ccc2n1CC(F)(F)F. The number of likely N-dealkylation sites (N-methyl/N-ethyl adjacent to an activating group) is 2. The fourth-order valence-electron chi connectivity index (χ4n) is 14.5. The van der Waals surface area contributed by atoms with Crippen molar-refractivity contribution in [2.24, 2.45) is 28.6 Å². The number of amides is 2. The fourth-order valence-corrected chi connectivity index (χ4v) is 14.5. The van der Waals surface area contributed by atoms with E-state index in [1.807, 2.05) is 44.0 Å². The quantitative estimate of drug-likeness (QED) is 0.0421. The predicted octanol–water partition coefficient (Wildman–Crippen LogP) is 7.55. The number of rotatable bonds is 23. The van der Waals surface area contributed by atoms with Crippen molar-refractivity contribution in [3.05, 3.63) is 54.4 Å². The van der Waals surface area contributed by atoms with E-state index in [-0.39, 0.29) is 36.4 Å². The number of aldehydes is 1. The van der Waals surface area contributed by atoms with Gasteiger partial charge in [-0.3, -0.25) is 44.4 Å². The summed E-state index contributed by atoms with van der Waals surface area (Å²) in [7, 11) is 5.73. The second-order valence-corrected chi connectivity index (χ2v) is 28.1. The number of anilines is 1. The van der Waals surface area contributed by atoms with Gasteiger partial charge in [0, 0.05) is 145 Å². The summed E-state index contributed by atoms with van der Waals surface area (Å²) in [6.07, 6.45) is 9.53. The third kappa shape index (κ3) is 16.4. The molecule has 1 aromatic carbocycles. The standard InChI is InChI=1S/C35H42F3N5O4.C27H45N5O4.C5H12N2/c1-22(45-5)32-28(15-26(17-39-32)42-12-10-41(11-13-42)25-7-8-25)33-29(16-34(3,4)20-47-23(2)44)27-14-24(30-18-46-21-40-30)6-9-31(27)43(33)19-35(36,37)38;1-5-31(26(35)24-23(29(24)4)20-6-7-20)10-19-8-9-32(11-19)22(18(2)3)25(34)28-21(13-33)12-30-14-27(15-30)16-36-17-27;1-7-5-3-2-4-6-7/h6,9,14-15,17-18,21-22,25H,7-8,10-13,16,19-20H2,1-5H3;13,18-24H,5-12,14-17H2,1-4H3,(H,28,34);6H,2-5H2,1H3. The molecule has 9 heterocycles. The molecule has 12 rings (SSSR count). The lowest BCUT2D eigenvalue weighted by atomic mass is 9.78. The largest absolute Gasteiger partial charge is 0.465 e. The van der Waals surface area contributed by atoms with Crippen molar-refractivity contribution in [1.82, 2.24) is 54.8 Å². The number of carbonyl (C=O) groups is 4. The van der Waals surface area contributed by atoms with Gasteiger partial charge in [0.1, 0.15) is 30.8 Å². The number of halogens is 3. The molecule has 1 spiro atoms. The maximum atomic E-state index is 14.5. The molecule has 3 aromatic heterocycles. The highest BCUT2D eigenvalue weighted by Crippen LogP contribution is 2.47. The average Bonchev–Trinajstić information content (AvgIpc) is 1.50. The normalized spacial score (nSPS) is 24.0. The number of nitrogens with zero attached hydrogens (tertiary/aromatic N) is 10. The van der Waals surface area contributed by atoms with Crippen molar-refractivity contribution >= 4 is 40.7 Å². The van der Waals surface area contributed by atoms with Gasteiger partial charge in [-0.2, -0.15) is 13.2 Å². The number of ether oxygens (including phenoxy) is 3. The van der Waals surface area contributed by atoms with Crippen molar-refractivity contribution in [2.45, 2.75) is 149 Å². The van der Waals surface area contributed by atoms with E-state index >= 15 is 0 Å². The zero-order valence-corrected chi connectivity index (χ0v) is 54.9. The number of fused-ring (bicyclic) bond motifs is 1. The van der Waals surface area contributed by atoms with Gasteiger partial charge in [-0.1, -0.05) is 33.8 Å². The molecule has 20 nitrogen and oxygen atoms in total. The van der Waals surface area contributed by atoms with Crippen LogP contribution in [0.1, 0.15) is 111 Å². The number of piperazine rings is 1. The number of esters is 1. The van der Waals surface area contributed by atoms with Crippen LogP contribution in [0, 0.1) is 28.6 Å². The van der Waals surface area contributed by atoms with Crippen LogP contribution in [0.3, 0.4) is 0 Å². The van der Waals surface area contributed by atoms with Crippen molar-refractivity contribution in [3.8, 4) is 22.5 Å². The zero-order chi connectivity index (χ0) is 64.2. The van der Waals surface area contributed by atoms with E-state index < -0.39 is 36.3 Å². The van der Waals surface area contributed by atoms with Gasteiger partial charge in [-0.15, -0.1) is 0 Å². The van der Waals surface area contributed by atoms with E-state index in [2.05, 4.69) is 80.1 Å². The van der Waals surface area contributed by atoms with Gasteiger partial charge in [0.2, 0.25) is 11.8 Å². The topological polar surface area (TPSA) is 186 Å². The first kappa shape index (κ1) is 67.4. The molecule has 8 aliphatic rings. The average molecular weight is 1260 g/mol. The molecule has 23 heteroatoms. The lowest BCUT2D eigenvalue weighted by molar-refractivity contribution is -0.189. The van der Waals surface area contributed by atoms with Gasteiger partial charge in [0.05, 0.1) is 61.3 Å². The van der Waals surface area contributed by atoms with E-state index in [1.54, 1.807) is 19.2 Å². The summed E-state index contributed by atoms with van der Waals surface area (Å²) in [5.74, 6) is 1.04. The zero-order valence-electron chi connectivity index (χ0n) is 54.9. The Labute approximate surface area is 529 Å². The molecule has 2 N–H and O–H groups in total. The lowest BCUT2D eigenvalue weighted by Crippen LogP contribution is -2.67. The van der Waals surface area contributed by atoms with E-state index in [1.165, 1.54) is 69.2 Å². The second-order valence-electron chi connectivity index (χ2n) is 28.1. The lowest BCUT2D eigenvalue weighted by Gasteiger charge is -2.55. The Balaban J connectivity index is 0.000000183. The minimum atomic E-state index is -4.51. The monoisotopic (exact) mass is 1260 g/mol. The molecule has 496 valence electrons. The molecule has 7 unspecified atom stereocenters. The van der Waals surface area contributed by atoms with Gasteiger partial charge < -0.3 is 43.1 Å². The Kier molecular flexibility index (Phi) is 21.5. The first-order valence-electron chi connectivity index (χ1n) is 33.0. The minimum absolute atomic E-state index is 0.0553. The van der Waals surface area contributed by atoms with Crippen LogP contribution in [0.25, 0.3) is 33.4 Å². The number of alkyl halides is 3. The van der Waals surface area contributed by atoms with Crippen LogP contribution >= 0.6 is 0 Å². The number of aromatic nitrogens is 3. The predicted molar refractivity (Wildman–Crippen MR) is 339 cm³/mol. The van der Waals surface area contributed by atoms with Gasteiger partial charge in [0.25, 0.3) is 0 Å². The van der Waals surface area contributed by atoms with Crippen LogP contribution in [0.2, 0.25) is 0 Å². The smallest absolute Gasteiger partial charge is 0.406 e. The molecule has 2 amide bonds. The third-order valence-corrected chi connectivity index (χ3v) is 19.7. The van der Waals surface area contributed by atoms with E-state index in [4.69, 9.17) is 23.6 Å². The van der Waals surface area contributed by atoms with Crippen molar-refractivity contribution in [3.63, 3.8) is 0 Å². The summed E-state index contributed by atoms with van der Waals surface area (Å²) >= 11 is 0. The Bertz CT molecular complexity index is 3070. The molecule has 90 heavy (non-hydrogen) atoms. The molecular weight excluding hydrogens is 1160 g/mol. The fraction of sp³-hybridized carbons (Fsp3) is 0.701. The summed E-state index contributed by atoms with van der Waals surface area (Å²) in [5.41, 5.74) is 7.75. The molecule has 0 radical (unpaired) electrons. The van der Waals surface area contributed by atoms with Crippen LogP contribution in [0.5, 0.6) is 0 Å². The molecular formula is C67H99F3N12O8. The van der Waals surface area contributed by atoms with Crippen LogP contribution in [0.15, 0.2) is 47.5 Å². The van der Waals surface area contributed by atoms with E-state index in [0.29, 0.717) is 81.1 Å². The number of hydrazine groups is 1. The molecule has 8 fully saturated rings. The van der Waals surface area contributed by atoms with Gasteiger partial charge in [-0.25, -0.2) is 9.99 Å². The molecule has 0 bridgehead atoms. The number of carbonyl (C=O) groups excluding carboxylic acids is 4. The summed E-state index contributed by atoms with van der Waals surface area (Å²) in [6.45, 7) is 25.3. The van der Waals surface area contributed by atoms with Crippen molar-refractivity contribution in [1.29, 1.82) is 0 Å². The Morgan fingerprint density at radius 3 is 2.28 bits per heavy atom. The Morgan fingerprint density at radius 2 is 1.71 bits per heavy atom. The third-order valence-electron chi connectivity index (χ3n) is 19.7.